The molecule has 0 amide bonds. The molecule has 1 heterocycles. The SMILES string of the molecule is Cc1ccc2nc(-c3ccc(Cl)cc3C)[nH]c2c1. The number of fused-ring (bicyclic) bond motifs is 1. The fraction of sp³-hybridized carbons (Fsp3) is 0.133. The number of rotatable bonds is 1. The molecule has 0 spiro atoms. The van der Waals surface area contributed by atoms with Crippen LogP contribution in [-0.2, 0) is 0 Å². The summed E-state index contributed by atoms with van der Waals surface area (Å²) in [5.41, 5.74) is 5.50. The first-order chi connectivity index (χ1) is 8.63. The molecule has 3 rings (SSSR count). The molecule has 1 N–H and O–H groups in total. The molecule has 2 aromatic carbocycles. The van der Waals surface area contributed by atoms with Crippen LogP contribution in [0.4, 0.5) is 0 Å². The number of nitrogens with zero attached hydrogens (tertiary/aromatic N) is 1. The van der Waals surface area contributed by atoms with Gasteiger partial charge in [0.05, 0.1) is 11.0 Å². The number of H-pyrrole nitrogens is 1. The summed E-state index contributed by atoms with van der Waals surface area (Å²) >= 11 is 5.97. The summed E-state index contributed by atoms with van der Waals surface area (Å²) in [6, 6.07) is 12.1. The van der Waals surface area contributed by atoms with Crippen molar-refractivity contribution in [2.24, 2.45) is 0 Å². The highest BCUT2D eigenvalue weighted by molar-refractivity contribution is 6.30. The Bertz CT molecular complexity index is 728. The van der Waals surface area contributed by atoms with Crippen LogP contribution >= 0.6 is 11.6 Å². The molecule has 90 valence electrons. The van der Waals surface area contributed by atoms with E-state index in [9.17, 15) is 0 Å². The van der Waals surface area contributed by atoms with E-state index in [4.69, 9.17) is 11.6 Å². The van der Waals surface area contributed by atoms with Gasteiger partial charge in [-0.15, -0.1) is 0 Å². The van der Waals surface area contributed by atoms with E-state index in [0.717, 1.165) is 33.0 Å². The molecule has 3 aromatic rings. The fourth-order valence-electron chi connectivity index (χ4n) is 2.14. The molecule has 0 atom stereocenters. The number of aromatic amines is 1. The number of aryl methyl sites for hydroxylation is 2. The number of imidazole rings is 1. The van der Waals surface area contributed by atoms with Crippen molar-refractivity contribution in [1.29, 1.82) is 0 Å². The number of aromatic nitrogens is 2. The smallest absolute Gasteiger partial charge is 0.138 e. The molecule has 0 fully saturated rings. The van der Waals surface area contributed by atoms with Crippen molar-refractivity contribution in [2.75, 3.05) is 0 Å². The molecule has 0 saturated heterocycles. The number of halogens is 1. The third kappa shape index (κ3) is 1.89. The van der Waals surface area contributed by atoms with Crippen molar-refractivity contribution in [2.45, 2.75) is 13.8 Å². The van der Waals surface area contributed by atoms with Crippen molar-refractivity contribution in [3.05, 3.63) is 52.5 Å². The maximum Gasteiger partial charge on any atom is 0.138 e. The summed E-state index contributed by atoms with van der Waals surface area (Å²) in [5, 5.41) is 0.753. The van der Waals surface area contributed by atoms with E-state index in [0.29, 0.717) is 0 Å². The van der Waals surface area contributed by atoms with Gasteiger partial charge in [0.25, 0.3) is 0 Å². The van der Waals surface area contributed by atoms with Gasteiger partial charge >= 0.3 is 0 Å². The Hall–Kier alpha value is -1.80. The number of nitrogens with one attached hydrogen (secondary N) is 1. The second kappa shape index (κ2) is 4.14. The Labute approximate surface area is 111 Å². The van der Waals surface area contributed by atoms with Crippen LogP contribution in [0.15, 0.2) is 36.4 Å². The Morgan fingerprint density at radius 2 is 1.89 bits per heavy atom. The highest BCUT2D eigenvalue weighted by Gasteiger charge is 2.08. The van der Waals surface area contributed by atoms with E-state index in [1.165, 1.54) is 5.56 Å². The molecular formula is C15H13ClN2. The minimum Gasteiger partial charge on any atom is -0.338 e. The third-order valence-corrected chi connectivity index (χ3v) is 3.32. The van der Waals surface area contributed by atoms with Gasteiger partial charge in [-0.1, -0.05) is 17.7 Å². The van der Waals surface area contributed by atoms with Gasteiger partial charge in [0, 0.05) is 10.6 Å². The Morgan fingerprint density at radius 1 is 1.06 bits per heavy atom. The average molecular weight is 257 g/mol. The number of benzene rings is 2. The quantitative estimate of drug-likeness (QED) is 0.682. The lowest BCUT2D eigenvalue weighted by Crippen LogP contribution is -1.84. The van der Waals surface area contributed by atoms with E-state index in [-0.39, 0.29) is 0 Å². The zero-order valence-electron chi connectivity index (χ0n) is 10.3. The van der Waals surface area contributed by atoms with Crippen molar-refractivity contribution >= 4 is 22.6 Å². The zero-order chi connectivity index (χ0) is 12.7. The minimum atomic E-state index is 0.753. The zero-order valence-corrected chi connectivity index (χ0v) is 11.0. The number of hydrogen-bond acceptors (Lipinski definition) is 1. The van der Waals surface area contributed by atoms with Gasteiger partial charge in [0.1, 0.15) is 5.82 Å². The largest absolute Gasteiger partial charge is 0.338 e. The highest BCUT2D eigenvalue weighted by atomic mass is 35.5. The Morgan fingerprint density at radius 3 is 2.67 bits per heavy atom. The Kier molecular flexibility index (Phi) is 2.60. The molecule has 1 aromatic heterocycles. The minimum absolute atomic E-state index is 0.753. The molecule has 2 nitrogen and oxygen atoms in total. The van der Waals surface area contributed by atoms with E-state index in [1.807, 2.05) is 31.2 Å². The van der Waals surface area contributed by atoms with E-state index < -0.39 is 0 Å². The second-order valence-corrected chi connectivity index (χ2v) is 5.00. The molecule has 0 aliphatic rings. The maximum atomic E-state index is 5.97. The van der Waals surface area contributed by atoms with Crippen LogP contribution in [0.3, 0.4) is 0 Å². The van der Waals surface area contributed by atoms with Crippen molar-refractivity contribution in [3.63, 3.8) is 0 Å². The van der Waals surface area contributed by atoms with Gasteiger partial charge in [-0.2, -0.15) is 0 Å². The first-order valence-electron chi connectivity index (χ1n) is 5.86. The molecule has 18 heavy (non-hydrogen) atoms. The molecule has 0 aliphatic heterocycles. The highest BCUT2D eigenvalue weighted by Crippen LogP contribution is 2.26. The third-order valence-electron chi connectivity index (χ3n) is 3.08. The van der Waals surface area contributed by atoms with Crippen molar-refractivity contribution in [1.82, 2.24) is 9.97 Å². The normalized spacial score (nSPS) is 11.1. The molecular weight excluding hydrogens is 244 g/mol. The summed E-state index contributed by atoms with van der Waals surface area (Å²) in [4.78, 5) is 7.97. The molecule has 0 aliphatic carbocycles. The molecule has 0 unspecified atom stereocenters. The molecule has 3 heteroatoms. The van der Waals surface area contributed by atoms with Crippen LogP contribution in [0, 0.1) is 13.8 Å². The maximum absolute atomic E-state index is 5.97. The van der Waals surface area contributed by atoms with Crippen molar-refractivity contribution in [3.8, 4) is 11.4 Å². The lowest BCUT2D eigenvalue weighted by Gasteiger charge is -2.02. The van der Waals surface area contributed by atoms with E-state index >= 15 is 0 Å². The summed E-state index contributed by atoms with van der Waals surface area (Å²) in [6.45, 7) is 4.12. The van der Waals surface area contributed by atoms with E-state index in [2.05, 4.69) is 29.0 Å². The standard InChI is InChI=1S/C15H13ClN2/c1-9-3-6-13-14(7-9)18-15(17-13)12-5-4-11(16)8-10(12)2/h3-8H,1-2H3,(H,17,18). The van der Waals surface area contributed by atoms with Crippen LogP contribution in [0.2, 0.25) is 5.02 Å². The van der Waals surface area contributed by atoms with Crippen molar-refractivity contribution < 1.29 is 0 Å². The molecule has 0 bridgehead atoms. The van der Waals surface area contributed by atoms with E-state index in [1.54, 1.807) is 0 Å². The monoisotopic (exact) mass is 256 g/mol. The van der Waals surface area contributed by atoms with Crippen LogP contribution in [-0.4, -0.2) is 9.97 Å². The lowest BCUT2D eigenvalue weighted by atomic mass is 10.1. The summed E-state index contributed by atoms with van der Waals surface area (Å²) in [7, 11) is 0. The number of hydrogen-bond donors (Lipinski definition) is 1. The predicted octanol–water partition coefficient (Wildman–Crippen LogP) is 4.50. The van der Waals surface area contributed by atoms with Gasteiger partial charge in [0.15, 0.2) is 0 Å². The molecule has 0 radical (unpaired) electrons. The second-order valence-electron chi connectivity index (χ2n) is 4.57. The predicted molar refractivity (Wildman–Crippen MR) is 76.0 cm³/mol. The van der Waals surface area contributed by atoms with Gasteiger partial charge in [-0.3, -0.25) is 0 Å². The van der Waals surface area contributed by atoms with Crippen LogP contribution in [0.25, 0.3) is 22.4 Å². The first kappa shape index (κ1) is 11.3. The summed E-state index contributed by atoms with van der Waals surface area (Å²) < 4.78 is 0. The summed E-state index contributed by atoms with van der Waals surface area (Å²) in [5.74, 6) is 0.893. The van der Waals surface area contributed by atoms with Gasteiger partial charge < -0.3 is 4.98 Å². The summed E-state index contributed by atoms with van der Waals surface area (Å²) in [6.07, 6.45) is 0. The van der Waals surface area contributed by atoms with Crippen LogP contribution in [0.1, 0.15) is 11.1 Å². The molecule has 0 saturated carbocycles. The Balaban J connectivity index is 2.19. The van der Waals surface area contributed by atoms with Gasteiger partial charge in [0.2, 0.25) is 0 Å². The lowest BCUT2D eigenvalue weighted by molar-refractivity contribution is 1.31. The topological polar surface area (TPSA) is 28.7 Å². The average Bonchev–Trinajstić information content (AvgIpc) is 2.71. The van der Waals surface area contributed by atoms with Gasteiger partial charge in [-0.25, -0.2) is 4.98 Å². The van der Waals surface area contributed by atoms with Gasteiger partial charge in [-0.05, 0) is 55.3 Å². The first-order valence-corrected chi connectivity index (χ1v) is 6.24. The fourth-order valence-corrected chi connectivity index (χ4v) is 2.37. The van der Waals surface area contributed by atoms with Crippen LogP contribution in [0.5, 0.6) is 0 Å². The van der Waals surface area contributed by atoms with Crippen LogP contribution < -0.4 is 0 Å².